The van der Waals surface area contributed by atoms with Gasteiger partial charge in [-0.15, -0.1) is 0 Å². The van der Waals surface area contributed by atoms with E-state index in [-0.39, 0.29) is 13.0 Å². The lowest BCUT2D eigenvalue weighted by molar-refractivity contribution is -0.157. The van der Waals surface area contributed by atoms with Crippen LogP contribution in [0, 0.1) is 5.41 Å². The van der Waals surface area contributed by atoms with Crippen LogP contribution in [-0.4, -0.2) is 28.4 Å². The van der Waals surface area contributed by atoms with E-state index in [1.165, 1.54) is 0 Å². The predicted molar refractivity (Wildman–Crippen MR) is 75.9 cm³/mol. The Morgan fingerprint density at radius 2 is 2.00 bits per heavy atom. The van der Waals surface area contributed by atoms with Crippen molar-refractivity contribution in [3.05, 3.63) is 29.8 Å². The summed E-state index contributed by atoms with van der Waals surface area (Å²) in [5, 5.41) is 20.2. The fraction of sp³-hybridized carbons (Fsp3) is 0.562. The van der Waals surface area contributed by atoms with E-state index in [4.69, 9.17) is 4.74 Å². The molecule has 2 N–H and O–H groups in total. The van der Waals surface area contributed by atoms with Gasteiger partial charge in [0.15, 0.2) is 0 Å². The zero-order valence-corrected chi connectivity index (χ0v) is 12.1. The molecule has 1 aliphatic rings. The highest BCUT2D eigenvalue weighted by atomic mass is 16.5. The van der Waals surface area contributed by atoms with E-state index in [9.17, 15) is 15.0 Å². The molecule has 20 heavy (non-hydrogen) atoms. The molecule has 1 heterocycles. The topological polar surface area (TPSA) is 66.8 Å². The number of hydrogen-bond acceptors (Lipinski definition) is 3. The quantitative estimate of drug-likeness (QED) is 0.869. The molecule has 1 aromatic rings. The smallest absolute Gasteiger partial charge is 0.313 e. The van der Waals surface area contributed by atoms with Gasteiger partial charge in [-0.3, -0.25) is 4.79 Å². The van der Waals surface area contributed by atoms with Crippen LogP contribution in [-0.2, 0) is 11.2 Å². The highest BCUT2D eigenvalue weighted by Crippen LogP contribution is 2.41. The molecule has 1 unspecified atom stereocenters. The molecule has 0 saturated carbocycles. The van der Waals surface area contributed by atoms with Crippen LogP contribution in [0.25, 0.3) is 0 Å². The lowest BCUT2D eigenvalue weighted by atomic mass is 9.71. The van der Waals surface area contributed by atoms with Gasteiger partial charge in [-0.05, 0) is 37.3 Å². The summed E-state index contributed by atoms with van der Waals surface area (Å²) in [5.41, 5.74) is -1.10. The van der Waals surface area contributed by atoms with Gasteiger partial charge in [-0.25, -0.2) is 0 Å². The Morgan fingerprint density at radius 3 is 2.60 bits per heavy atom. The first kappa shape index (κ1) is 14.9. The van der Waals surface area contributed by atoms with Gasteiger partial charge in [-0.1, -0.05) is 32.0 Å². The van der Waals surface area contributed by atoms with E-state index < -0.39 is 17.0 Å². The van der Waals surface area contributed by atoms with Gasteiger partial charge in [0.25, 0.3) is 0 Å². The second-order valence-electron chi connectivity index (χ2n) is 5.77. The average molecular weight is 278 g/mol. The van der Waals surface area contributed by atoms with Crippen molar-refractivity contribution in [1.29, 1.82) is 0 Å². The molecule has 0 spiro atoms. The second-order valence-corrected chi connectivity index (χ2v) is 5.77. The summed E-state index contributed by atoms with van der Waals surface area (Å²) in [5.74, 6) is -0.145. The molecule has 4 heteroatoms. The van der Waals surface area contributed by atoms with Crippen molar-refractivity contribution in [2.45, 2.75) is 45.1 Å². The third kappa shape index (κ3) is 2.66. The number of aliphatic carboxylic acids is 1. The van der Waals surface area contributed by atoms with Crippen molar-refractivity contribution in [2.75, 3.05) is 6.61 Å². The zero-order chi connectivity index (χ0) is 14.8. The standard InChI is InChI=1S/C16H22O4/c1-3-16(19,4-2)10-15(14(17)18)9-12-7-5-6-8-13(12)20-11-15/h5-8,19H,3-4,9-11H2,1-2H3,(H,17,18). The number of carbonyl (C=O) groups is 1. The maximum absolute atomic E-state index is 11.8. The maximum Gasteiger partial charge on any atom is 0.313 e. The SMILES string of the molecule is CCC(O)(CC)CC1(C(=O)O)COc2ccccc2C1. The molecule has 0 aromatic heterocycles. The predicted octanol–water partition coefficient (Wildman–Crippen LogP) is 2.63. The van der Waals surface area contributed by atoms with Crippen LogP contribution in [0.4, 0.5) is 0 Å². The number of carboxylic acid groups (broad SMARTS) is 1. The van der Waals surface area contributed by atoms with Crippen LogP contribution >= 0.6 is 0 Å². The van der Waals surface area contributed by atoms with Gasteiger partial charge in [0.2, 0.25) is 0 Å². The third-order valence-electron chi connectivity index (χ3n) is 4.44. The van der Waals surface area contributed by atoms with Crippen molar-refractivity contribution in [1.82, 2.24) is 0 Å². The Balaban J connectivity index is 2.32. The van der Waals surface area contributed by atoms with Crippen LogP contribution in [0.3, 0.4) is 0 Å². The molecule has 0 fully saturated rings. The Hall–Kier alpha value is -1.55. The highest BCUT2D eigenvalue weighted by Gasteiger charge is 2.47. The molecule has 4 nitrogen and oxygen atoms in total. The lowest BCUT2D eigenvalue weighted by Gasteiger charge is -2.40. The van der Waals surface area contributed by atoms with Crippen LogP contribution < -0.4 is 4.74 Å². The molecule has 1 atom stereocenters. The van der Waals surface area contributed by atoms with Crippen molar-refractivity contribution < 1.29 is 19.7 Å². The van der Waals surface area contributed by atoms with Gasteiger partial charge in [-0.2, -0.15) is 0 Å². The van der Waals surface area contributed by atoms with E-state index >= 15 is 0 Å². The summed E-state index contributed by atoms with van der Waals surface area (Å²) in [4.78, 5) is 11.8. The van der Waals surface area contributed by atoms with Gasteiger partial charge in [0, 0.05) is 0 Å². The molecule has 1 aromatic carbocycles. The van der Waals surface area contributed by atoms with Gasteiger partial charge in [0.1, 0.15) is 17.8 Å². The molecular formula is C16H22O4. The Kier molecular flexibility index (Phi) is 4.04. The van der Waals surface area contributed by atoms with Crippen molar-refractivity contribution in [3.8, 4) is 5.75 Å². The number of ether oxygens (including phenoxy) is 1. The Labute approximate surface area is 119 Å². The van der Waals surface area contributed by atoms with Crippen LogP contribution in [0.1, 0.15) is 38.7 Å². The number of benzene rings is 1. The lowest BCUT2D eigenvalue weighted by Crippen LogP contribution is -2.48. The summed E-state index contributed by atoms with van der Waals surface area (Å²) in [6, 6.07) is 7.50. The van der Waals surface area contributed by atoms with Crippen molar-refractivity contribution >= 4 is 5.97 Å². The molecule has 2 rings (SSSR count). The Bertz CT molecular complexity index is 493. The minimum atomic E-state index is -1.05. The maximum atomic E-state index is 11.8. The normalized spacial score (nSPS) is 21.9. The van der Waals surface area contributed by atoms with Crippen LogP contribution in [0.2, 0.25) is 0 Å². The van der Waals surface area contributed by atoms with Gasteiger partial charge >= 0.3 is 5.97 Å². The summed E-state index contributed by atoms with van der Waals surface area (Å²) in [7, 11) is 0. The van der Waals surface area contributed by atoms with Gasteiger partial charge < -0.3 is 14.9 Å². The summed E-state index contributed by atoms with van der Waals surface area (Å²) in [6.07, 6.45) is 1.71. The van der Waals surface area contributed by atoms with E-state index in [1.807, 2.05) is 38.1 Å². The first-order chi connectivity index (χ1) is 9.45. The van der Waals surface area contributed by atoms with Crippen molar-refractivity contribution in [2.24, 2.45) is 5.41 Å². The zero-order valence-electron chi connectivity index (χ0n) is 12.1. The third-order valence-corrected chi connectivity index (χ3v) is 4.44. The first-order valence-electron chi connectivity index (χ1n) is 7.11. The summed E-state index contributed by atoms with van der Waals surface area (Å²) < 4.78 is 5.64. The summed E-state index contributed by atoms with van der Waals surface area (Å²) >= 11 is 0. The van der Waals surface area contributed by atoms with E-state index in [2.05, 4.69) is 0 Å². The fourth-order valence-corrected chi connectivity index (χ4v) is 2.88. The van der Waals surface area contributed by atoms with Gasteiger partial charge in [0.05, 0.1) is 5.60 Å². The average Bonchev–Trinajstić information content (AvgIpc) is 2.46. The number of rotatable bonds is 5. The number of aliphatic hydroxyl groups is 1. The molecular weight excluding hydrogens is 256 g/mol. The first-order valence-corrected chi connectivity index (χ1v) is 7.11. The minimum absolute atomic E-state index is 0.113. The van der Waals surface area contributed by atoms with E-state index in [1.54, 1.807) is 0 Å². The molecule has 0 saturated heterocycles. The number of hydrogen-bond donors (Lipinski definition) is 2. The molecule has 0 bridgehead atoms. The molecule has 110 valence electrons. The second kappa shape index (κ2) is 5.44. The number of fused-ring (bicyclic) bond motifs is 1. The Morgan fingerprint density at radius 1 is 1.35 bits per heavy atom. The minimum Gasteiger partial charge on any atom is -0.492 e. The van der Waals surface area contributed by atoms with E-state index in [0.29, 0.717) is 19.3 Å². The summed E-state index contributed by atoms with van der Waals surface area (Å²) in [6.45, 7) is 3.88. The fourth-order valence-electron chi connectivity index (χ4n) is 2.88. The van der Waals surface area contributed by atoms with E-state index in [0.717, 1.165) is 11.3 Å². The van der Waals surface area contributed by atoms with Crippen LogP contribution in [0.5, 0.6) is 5.75 Å². The number of carboxylic acids is 1. The largest absolute Gasteiger partial charge is 0.492 e. The molecule has 0 aliphatic carbocycles. The van der Waals surface area contributed by atoms with Crippen molar-refractivity contribution in [3.63, 3.8) is 0 Å². The van der Waals surface area contributed by atoms with Crippen LogP contribution in [0.15, 0.2) is 24.3 Å². The molecule has 1 aliphatic heterocycles. The monoisotopic (exact) mass is 278 g/mol. The highest BCUT2D eigenvalue weighted by molar-refractivity contribution is 5.76. The number of para-hydroxylation sites is 1. The molecule has 0 amide bonds. The molecule has 0 radical (unpaired) electrons.